The maximum absolute atomic E-state index is 9.69. The molecule has 18 heavy (non-hydrogen) atoms. The van der Waals surface area contributed by atoms with E-state index in [2.05, 4.69) is 5.32 Å². The molecular formula is C14H20ClNO2. The fourth-order valence-electron chi connectivity index (χ4n) is 1.95. The second-order valence-corrected chi connectivity index (χ2v) is 5.84. The summed E-state index contributed by atoms with van der Waals surface area (Å²) >= 11 is 6.11. The SMILES string of the molecule is CC(O)C(C)(C)NCc1cc(Cl)cc2c1OCC2. The van der Waals surface area contributed by atoms with Crippen LogP contribution in [0.1, 0.15) is 31.9 Å². The summed E-state index contributed by atoms with van der Waals surface area (Å²) in [5.74, 6) is 0.952. The van der Waals surface area contributed by atoms with Gasteiger partial charge in [0.1, 0.15) is 5.75 Å². The minimum Gasteiger partial charge on any atom is -0.493 e. The molecular weight excluding hydrogens is 250 g/mol. The first-order chi connectivity index (χ1) is 8.40. The van der Waals surface area contributed by atoms with Crippen molar-refractivity contribution in [2.75, 3.05) is 6.61 Å². The molecule has 0 radical (unpaired) electrons. The molecule has 1 aromatic rings. The molecule has 0 spiro atoms. The Balaban J connectivity index is 2.15. The molecule has 1 atom stereocenters. The van der Waals surface area contributed by atoms with Crippen molar-refractivity contribution in [1.82, 2.24) is 5.32 Å². The second-order valence-electron chi connectivity index (χ2n) is 5.40. The maximum Gasteiger partial charge on any atom is 0.127 e. The summed E-state index contributed by atoms with van der Waals surface area (Å²) in [4.78, 5) is 0. The summed E-state index contributed by atoms with van der Waals surface area (Å²) in [6.07, 6.45) is 0.494. The molecule has 2 rings (SSSR count). The lowest BCUT2D eigenvalue weighted by atomic mass is 9.98. The molecule has 1 unspecified atom stereocenters. The Morgan fingerprint density at radius 2 is 2.22 bits per heavy atom. The van der Waals surface area contributed by atoms with E-state index in [9.17, 15) is 5.11 Å². The Labute approximate surface area is 113 Å². The standard InChI is InChI=1S/C14H20ClNO2/c1-9(17)14(2,3)16-8-11-7-12(15)6-10-4-5-18-13(10)11/h6-7,9,16-17H,4-5,8H2,1-3H3. The number of ether oxygens (including phenoxy) is 1. The van der Waals surface area contributed by atoms with Gasteiger partial charge in [-0.25, -0.2) is 0 Å². The van der Waals surface area contributed by atoms with Crippen molar-refractivity contribution in [2.24, 2.45) is 0 Å². The van der Waals surface area contributed by atoms with Crippen molar-refractivity contribution in [2.45, 2.75) is 45.4 Å². The van der Waals surface area contributed by atoms with Gasteiger partial charge in [-0.2, -0.15) is 0 Å². The van der Waals surface area contributed by atoms with Crippen LogP contribution in [-0.4, -0.2) is 23.4 Å². The van der Waals surface area contributed by atoms with E-state index in [0.717, 1.165) is 29.4 Å². The summed E-state index contributed by atoms with van der Waals surface area (Å²) in [6, 6.07) is 3.89. The molecule has 4 heteroatoms. The molecule has 1 aliphatic heterocycles. The van der Waals surface area contributed by atoms with Crippen molar-refractivity contribution >= 4 is 11.6 Å². The van der Waals surface area contributed by atoms with Gasteiger partial charge in [0.15, 0.2) is 0 Å². The molecule has 1 heterocycles. The number of aliphatic hydroxyl groups excluding tert-OH is 1. The smallest absolute Gasteiger partial charge is 0.127 e. The normalized spacial score (nSPS) is 16.3. The lowest BCUT2D eigenvalue weighted by Crippen LogP contribution is -2.47. The fraction of sp³-hybridized carbons (Fsp3) is 0.571. The van der Waals surface area contributed by atoms with E-state index in [4.69, 9.17) is 16.3 Å². The van der Waals surface area contributed by atoms with Gasteiger partial charge in [0.05, 0.1) is 12.7 Å². The quantitative estimate of drug-likeness (QED) is 0.883. The predicted molar refractivity (Wildman–Crippen MR) is 73.3 cm³/mol. The number of hydrogen-bond donors (Lipinski definition) is 2. The van der Waals surface area contributed by atoms with E-state index in [1.807, 2.05) is 26.0 Å². The van der Waals surface area contributed by atoms with E-state index in [1.165, 1.54) is 5.56 Å². The van der Waals surface area contributed by atoms with E-state index < -0.39 is 6.10 Å². The van der Waals surface area contributed by atoms with Gasteiger partial charge in [-0.1, -0.05) is 11.6 Å². The van der Waals surface area contributed by atoms with Crippen LogP contribution in [0.3, 0.4) is 0 Å². The lowest BCUT2D eigenvalue weighted by Gasteiger charge is -2.29. The van der Waals surface area contributed by atoms with Crippen LogP contribution in [-0.2, 0) is 13.0 Å². The largest absolute Gasteiger partial charge is 0.493 e. The monoisotopic (exact) mass is 269 g/mol. The summed E-state index contributed by atoms with van der Waals surface area (Å²) in [5, 5.41) is 13.8. The molecule has 2 N–H and O–H groups in total. The van der Waals surface area contributed by atoms with Crippen LogP contribution in [0.15, 0.2) is 12.1 Å². The third-order valence-corrected chi connectivity index (χ3v) is 3.82. The highest BCUT2D eigenvalue weighted by molar-refractivity contribution is 6.30. The molecule has 0 bridgehead atoms. The summed E-state index contributed by atoms with van der Waals surface area (Å²) in [7, 11) is 0. The second kappa shape index (κ2) is 5.08. The molecule has 0 saturated carbocycles. The van der Waals surface area contributed by atoms with Crippen LogP contribution in [0, 0.1) is 0 Å². The number of benzene rings is 1. The number of hydrogen-bond acceptors (Lipinski definition) is 3. The first kappa shape index (κ1) is 13.7. The van der Waals surface area contributed by atoms with E-state index in [-0.39, 0.29) is 5.54 Å². The molecule has 3 nitrogen and oxygen atoms in total. The Kier molecular flexibility index (Phi) is 3.85. The molecule has 0 fully saturated rings. The van der Waals surface area contributed by atoms with Crippen molar-refractivity contribution in [3.8, 4) is 5.75 Å². The van der Waals surface area contributed by atoms with Crippen LogP contribution in [0.4, 0.5) is 0 Å². The van der Waals surface area contributed by atoms with Crippen molar-refractivity contribution in [3.63, 3.8) is 0 Å². The Morgan fingerprint density at radius 1 is 1.50 bits per heavy atom. The number of aliphatic hydroxyl groups is 1. The van der Waals surface area contributed by atoms with Gasteiger partial charge in [-0.05, 0) is 38.5 Å². The highest BCUT2D eigenvalue weighted by Gasteiger charge is 2.24. The number of nitrogens with one attached hydrogen (secondary N) is 1. The topological polar surface area (TPSA) is 41.5 Å². The van der Waals surface area contributed by atoms with Crippen molar-refractivity contribution in [1.29, 1.82) is 0 Å². The third-order valence-electron chi connectivity index (χ3n) is 3.60. The first-order valence-electron chi connectivity index (χ1n) is 6.27. The molecule has 0 aromatic heterocycles. The number of rotatable bonds is 4. The van der Waals surface area contributed by atoms with Crippen LogP contribution in [0.25, 0.3) is 0 Å². The summed E-state index contributed by atoms with van der Waals surface area (Å²) in [5.41, 5.74) is 1.89. The first-order valence-corrected chi connectivity index (χ1v) is 6.65. The molecule has 0 aliphatic carbocycles. The average Bonchev–Trinajstić information content (AvgIpc) is 2.73. The molecule has 0 amide bonds. The van der Waals surface area contributed by atoms with E-state index >= 15 is 0 Å². The summed E-state index contributed by atoms with van der Waals surface area (Å²) in [6.45, 7) is 7.10. The van der Waals surface area contributed by atoms with Gasteiger partial charge in [0.2, 0.25) is 0 Å². The molecule has 1 aromatic carbocycles. The van der Waals surface area contributed by atoms with Gasteiger partial charge in [-0.3, -0.25) is 0 Å². The maximum atomic E-state index is 9.69. The highest BCUT2D eigenvalue weighted by atomic mass is 35.5. The van der Waals surface area contributed by atoms with Crippen LogP contribution >= 0.6 is 11.6 Å². The average molecular weight is 270 g/mol. The number of halogens is 1. The third kappa shape index (κ3) is 2.79. The van der Waals surface area contributed by atoms with Gasteiger partial charge in [0.25, 0.3) is 0 Å². The van der Waals surface area contributed by atoms with E-state index in [0.29, 0.717) is 6.54 Å². The zero-order valence-corrected chi connectivity index (χ0v) is 11.8. The van der Waals surface area contributed by atoms with Gasteiger partial charge in [-0.15, -0.1) is 0 Å². The van der Waals surface area contributed by atoms with E-state index in [1.54, 1.807) is 6.92 Å². The van der Waals surface area contributed by atoms with Crippen LogP contribution in [0.5, 0.6) is 5.75 Å². The lowest BCUT2D eigenvalue weighted by molar-refractivity contribution is 0.0955. The van der Waals surface area contributed by atoms with Crippen LogP contribution < -0.4 is 10.1 Å². The highest BCUT2D eigenvalue weighted by Crippen LogP contribution is 2.33. The van der Waals surface area contributed by atoms with Gasteiger partial charge in [0, 0.05) is 29.1 Å². The molecule has 0 saturated heterocycles. The zero-order chi connectivity index (χ0) is 13.3. The Hall–Kier alpha value is -0.770. The van der Waals surface area contributed by atoms with Crippen molar-refractivity contribution < 1.29 is 9.84 Å². The van der Waals surface area contributed by atoms with Gasteiger partial charge < -0.3 is 15.2 Å². The Morgan fingerprint density at radius 3 is 2.89 bits per heavy atom. The minimum atomic E-state index is -0.425. The van der Waals surface area contributed by atoms with Gasteiger partial charge >= 0.3 is 0 Å². The Bertz CT molecular complexity index is 444. The molecule has 1 aliphatic rings. The van der Waals surface area contributed by atoms with Crippen molar-refractivity contribution in [3.05, 3.63) is 28.3 Å². The fourth-order valence-corrected chi connectivity index (χ4v) is 2.21. The molecule has 100 valence electrons. The number of fused-ring (bicyclic) bond motifs is 1. The zero-order valence-electron chi connectivity index (χ0n) is 11.1. The minimum absolute atomic E-state index is 0.339. The van der Waals surface area contributed by atoms with Crippen LogP contribution in [0.2, 0.25) is 5.02 Å². The predicted octanol–water partition coefficient (Wildman–Crippen LogP) is 2.52. The summed E-state index contributed by atoms with van der Waals surface area (Å²) < 4.78 is 5.65.